The molecule has 106 valence electrons. The van der Waals surface area contributed by atoms with Gasteiger partial charge in [0, 0.05) is 11.6 Å². The molecule has 0 bridgehead atoms. The highest BCUT2D eigenvalue weighted by Crippen LogP contribution is 2.33. The summed E-state index contributed by atoms with van der Waals surface area (Å²) < 4.78 is 50.6. The summed E-state index contributed by atoms with van der Waals surface area (Å²) in [6.07, 6.45) is -3.59. The third kappa shape index (κ3) is 3.94. The molecule has 0 saturated heterocycles. The van der Waals surface area contributed by atoms with Gasteiger partial charge in [0.15, 0.2) is 0 Å². The maximum Gasteiger partial charge on any atom is 0.419 e. The molecule has 19 heavy (non-hydrogen) atoms. The minimum absolute atomic E-state index is 0.0503. The second-order valence-corrected chi connectivity index (χ2v) is 4.20. The number of alkyl halides is 3. The molecule has 0 aliphatic heterocycles. The number of benzene rings is 1. The van der Waals surface area contributed by atoms with E-state index in [9.17, 15) is 22.4 Å². The molecule has 0 atom stereocenters. The normalized spacial score (nSPS) is 11.7. The molecule has 6 heteroatoms. The average molecular weight is 277 g/mol. The summed E-state index contributed by atoms with van der Waals surface area (Å²) in [7, 11) is 0. The Hall–Kier alpha value is -1.59. The van der Waals surface area contributed by atoms with Gasteiger partial charge in [-0.3, -0.25) is 4.79 Å². The van der Waals surface area contributed by atoms with E-state index in [0.717, 1.165) is 6.07 Å². The zero-order chi connectivity index (χ0) is 14.6. The maximum atomic E-state index is 13.1. The van der Waals surface area contributed by atoms with E-state index in [1.54, 1.807) is 0 Å². The van der Waals surface area contributed by atoms with Crippen molar-refractivity contribution >= 4 is 11.6 Å². The Morgan fingerprint density at radius 1 is 1.26 bits per heavy atom. The summed E-state index contributed by atoms with van der Waals surface area (Å²) in [5.41, 5.74) is -1.43. The smallest absolute Gasteiger partial charge is 0.326 e. The fourth-order valence-corrected chi connectivity index (χ4v) is 1.72. The standard InChI is InChI=1S/C13H15F4NO/c1-3-8(4-2)12(19)18-9-5-6-11(14)10(7-9)13(15,16)17/h5-8H,3-4H2,1-2H3,(H,18,19). The molecule has 0 aliphatic rings. The summed E-state index contributed by atoms with van der Waals surface area (Å²) >= 11 is 0. The second kappa shape index (κ2) is 6.04. The van der Waals surface area contributed by atoms with Gasteiger partial charge in [0.1, 0.15) is 5.82 Å². The van der Waals surface area contributed by atoms with Crippen LogP contribution in [-0.2, 0) is 11.0 Å². The molecule has 2 nitrogen and oxygen atoms in total. The number of hydrogen-bond acceptors (Lipinski definition) is 1. The number of carbonyl (C=O) groups is 1. The summed E-state index contributed by atoms with van der Waals surface area (Å²) in [5, 5.41) is 2.38. The first-order chi connectivity index (χ1) is 8.79. The van der Waals surface area contributed by atoms with Gasteiger partial charge in [-0.25, -0.2) is 4.39 Å². The first-order valence-corrected chi connectivity index (χ1v) is 5.97. The molecule has 0 spiro atoms. The van der Waals surface area contributed by atoms with Gasteiger partial charge < -0.3 is 5.32 Å². The Bertz CT molecular complexity index is 452. The average Bonchev–Trinajstić information content (AvgIpc) is 2.31. The van der Waals surface area contributed by atoms with Crippen molar-refractivity contribution in [1.82, 2.24) is 0 Å². The van der Waals surface area contributed by atoms with Crippen LogP contribution in [0.3, 0.4) is 0 Å². The number of hydrogen-bond donors (Lipinski definition) is 1. The Labute approximate surface area is 108 Å². The maximum absolute atomic E-state index is 13.1. The molecule has 0 radical (unpaired) electrons. The van der Waals surface area contributed by atoms with Crippen LogP contribution in [0.4, 0.5) is 23.2 Å². The van der Waals surface area contributed by atoms with Crippen LogP contribution in [0.1, 0.15) is 32.3 Å². The molecular weight excluding hydrogens is 262 g/mol. The molecule has 1 aromatic rings. The van der Waals surface area contributed by atoms with Crippen molar-refractivity contribution in [3.05, 3.63) is 29.6 Å². The molecule has 0 aromatic heterocycles. The molecule has 0 saturated carbocycles. The van der Waals surface area contributed by atoms with Gasteiger partial charge in [-0.1, -0.05) is 13.8 Å². The van der Waals surface area contributed by atoms with E-state index in [0.29, 0.717) is 25.0 Å². The van der Waals surface area contributed by atoms with Gasteiger partial charge in [0.2, 0.25) is 5.91 Å². The highest BCUT2D eigenvalue weighted by molar-refractivity contribution is 5.92. The second-order valence-electron chi connectivity index (χ2n) is 4.20. The van der Waals surface area contributed by atoms with Crippen molar-refractivity contribution in [2.24, 2.45) is 5.92 Å². The van der Waals surface area contributed by atoms with E-state index < -0.39 is 17.6 Å². The van der Waals surface area contributed by atoms with E-state index in [2.05, 4.69) is 5.32 Å². The van der Waals surface area contributed by atoms with Crippen LogP contribution in [-0.4, -0.2) is 5.91 Å². The minimum Gasteiger partial charge on any atom is -0.326 e. The van der Waals surface area contributed by atoms with Crippen LogP contribution in [0.2, 0.25) is 0 Å². The van der Waals surface area contributed by atoms with Crippen molar-refractivity contribution in [3.8, 4) is 0 Å². The largest absolute Gasteiger partial charge is 0.419 e. The first-order valence-electron chi connectivity index (χ1n) is 5.97. The number of amides is 1. The lowest BCUT2D eigenvalue weighted by molar-refractivity contribution is -0.140. The van der Waals surface area contributed by atoms with Crippen molar-refractivity contribution in [2.45, 2.75) is 32.9 Å². The highest BCUT2D eigenvalue weighted by Gasteiger charge is 2.34. The first kappa shape index (κ1) is 15.5. The molecule has 1 N–H and O–H groups in total. The molecule has 1 rings (SSSR count). The van der Waals surface area contributed by atoms with Crippen LogP contribution < -0.4 is 5.32 Å². The van der Waals surface area contributed by atoms with E-state index in [1.807, 2.05) is 13.8 Å². The van der Waals surface area contributed by atoms with Crippen LogP contribution in [0.5, 0.6) is 0 Å². The molecule has 0 unspecified atom stereocenters. The molecule has 0 aliphatic carbocycles. The molecule has 0 fully saturated rings. The van der Waals surface area contributed by atoms with Crippen molar-refractivity contribution < 1.29 is 22.4 Å². The van der Waals surface area contributed by atoms with Crippen LogP contribution in [0.15, 0.2) is 18.2 Å². The SMILES string of the molecule is CCC(CC)C(=O)Nc1ccc(F)c(C(F)(F)F)c1. The zero-order valence-electron chi connectivity index (χ0n) is 10.6. The predicted molar refractivity (Wildman–Crippen MR) is 64.1 cm³/mol. The monoisotopic (exact) mass is 277 g/mol. The van der Waals surface area contributed by atoms with E-state index in [4.69, 9.17) is 0 Å². The van der Waals surface area contributed by atoms with Crippen molar-refractivity contribution in [3.63, 3.8) is 0 Å². The molecular formula is C13H15F4NO. The lowest BCUT2D eigenvalue weighted by atomic mass is 10.0. The molecule has 1 aromatic carbocycles. The topological polar surface area (TPSA) is 29.1 Å². The molecule has 1 amide bonds. The summed E-state index contributed by atoms with van der Waals surface area (Å²) in [5.74, 6) is -1.97. The Morgan fingerprint density at radius 3 is 2.32 bits per heavy atom. The third-order valence-corrected chi connectivity index (χ3v) is 2.90. The summed E-state index contributed by atoms with van der Waals surface area (Å²) in [4.78, 5) is 11.7. The lowest BCUT2D eigenvalue weighted by Crippen LogP contribution is -2.22. The third-order valence-electron chi connectivity index (χ3n) is 2.90. The Balaban J connectivity index is 2.95. The van der Waals surface area contributed by atoms with Gasteiger partial charge in [-0.2, -0.15) is 13.2 Å². The summed E-state index contributed by atoms with van der Waals surface area (Å²) in [6.45, 7) is 3.64. The fraction of sp³-hybridized carbons (Fsp3) is 0.462. The number of halogens is 4. The van der Waals surface area contributed by atoms with Crippen molar-refractivity contribution in [2.75, 3.05) is 5.32 Å². The highest BCUT2D eigenvalue weighted by atomic mass is 19.4. The lowest BCUT2D eigenvalue weighted by Gasteiger charge is -2.14. The molecule has 0 heterocycles. The van der Waals surface area contributed by atoms with Crippen LogP contribution in [0.25, 0.3) is 0 Å². The van der Waals surface area contributed by atoms with Crippen molar-refractivity contribution in [1.29, 1.82) is 0 Å². The zero-order valence-corrected chi connectivity index (χ0v) is 10.6. The van der Waals surface area contributed by atoms with E-state index in [-0.39, 0.29) is 17.5 Å². The Kier molecular flexibility index (Phi) is 4.91. The number of nitrogens with one attached hydrogen (secondary N) is 1. The number of carbonyl (C=O) groups excluding carboxylic acids is 1. The van der Waals surface area contributed by atoms with Crippen LogP contribution in [0, 0.1) is 11.7 Å². The van der Waals surface area contributed by atoms with E-state index in [1.165, 1.54) is 0 Å². The van der Waals surface area contributed by atoms with Crippen LogP contribution >= 0.6 is 0 Å². The van der Waals surface area contributed by atoms with Gasteiger partial charge in [0.05, 0.1) is 5.56 Å². The Morgan fingerprint density at radius 2 is 1.84 bits per heavy atom. The number of rotatable bonds is 4. The quantitative estimate of drug-likeness (QED) is 0.820. The predicted octanol–water partition coefficient (Wildman–Crippen LogP) is 4.22. The minimum atomic E-state index is -4.78. The number of anilines is 1. The van der Waals surface area contributed by atoms with Gasteiger partial charge in [-0.05, 0) is 31.0 Å². The fourth-order valence-electron chi connectivity index (χ4n) is 1.72. The summed E-state index contributed by atoms with van der Waals surface area (Å²) in [6, 6.07) is 2.42. The van der Waals surface area contributed by atoms with Gasteiger partial charge in [0.25, 0.3) is 0 Å². The van der Waals surface area contributed by atoms with E-state index >= 15 is 0 Å². The van der Waals surface area contributed by atoms with Gasteiger partial charge in [-0.15, -0.1) is 0 Å². The van der Waals surface area contributed by atoms with Gasteiger partial charge >= 0.3 is 6.18 Å².